The van der Waals surface area contributed by atoms with E-state index in [1.807, 2.05) is 0 Å². The molecule has 0 spiro atoms. The highest BCUT2D eigenvalue weighted by molar-refractivity contribution is 5.95. The number of aryl methyl sites for hydroxylation is 1. The summed E-state index contributed by atoms with van der Waals surface area (Å²) in [6, 6.07) is 4.91. The average molecular weight is 277 g/mol. The number of anilines is 1. The fourth-order valence-electron chi connectivity index (χ4n) is 2.20. The maximum Gasteiger partial charge on any atom is 0.336 e. The summed E-state index contributed by atoms with van der Waals surface area (Å²) >= 11 is 0. The fraction of sp³-hybridized carbons (Fsp3) is 0.429. The molecule has 1 aromatic carbocycles. The van der Waals surface area contributed by atoms with Crippen LogP contribution in [0.4, 0.5) is 5.69 Å². The van der Waals surface area contributed by atoms with Crippen LogP contribution in [0.25, 0.3) is 0 Å². The molecule has 0 atom stereocenters. The first-order valence-electron chi connectivity index (χ1n) is 6.63. The van der Waals surface area contributed by atoms with E-state index in [9.17, 15) is 9.59 Å². The van der Waals surface area contributed by atoms with Crippen LogP contribution < -0.4 is 10.6 Å². The SMILES string of the molecule is Cc1ccc(NC(=O)CN2CCNCC2)cc1C(=O)O. The Bertz CT molecular complexity index is 510. The quantitative estimate of drug-likeness (QED) is 0.748. The van der Waals surface area contributed by atoms with Crippen LogP contribution in [0.5, 0.6) is 0 Å². The first-order valence-corrected chi connectivity index (χ1v) is 6.63. The van der Waals surface area contributed by atoms with Gasteiger partial charge in [0.2, 0.25) is 5.91 Å². The van der Waals surface area contributed by atoms with Gasteiger partial charge >= 0.3 is 5.97 Å². The van der Waals surface area contributed by atoms with E-state index in [2.05, 4.69) is 15.5 Å². The second-order valence-corrected chi connectivity index (χ2v) is 4.91. The zero-order chi connectivity index (χ0) is 14.5. The number of carboxylic acid groups (broad SMARTS) is 1. The molecule has 1 aromatic rings. The Hall–Kier alpha value is -1.92. The highest BCUT2D eigenvalue weighted by Crippen LogP contribution is 2.15. The smallest absolute Gasteiger partial charge is 0.336 e. The molecule has 0 aromatic heterocycles. The van der Waals surface area contributed by atoms with Crippen LogP contribution in [-0.2, 0) is 4.79 Å². The molecule has 6 nitrogen and oxygen atoms in total. The van der Waals surface area contributed by atoms with Gasteiger partial charge in [0.25, 0.3) is 0 Å². The number of benzene rings is 1. The van der Waals surface area contributed by atoms with Gasteiger partial charge in [-0.05, 0) is 24.6 Å². The van der Waals surface area contributed by atoms with Crippen LogP contribution >= 0.6 is 0 Å². The van der Waals surface area contributed by atoms with Crippen LogP contribution in [0, 0.1) is 6.92 Å². The zero-order valence-electron chi connectivity index (χ0n) is 11.5. The molecule has 1 fully saturated rings. The summed E-state index contributed by atoms with van der Waals surface area (Å²) in [5.41, 5.74) is 1.41. The Balaban J connectivity index is 1.96. The number of hydrogen-bond donors (Lipinski definition) is 3. The first kappa shape index (κ1) is 14.5. The number of piperazine rings is 1. The van der Waals surface area contributed by atoms with Gasteiger partial charge in [0.15, 0.2) is 0 Å². The van der Waals surface area contributed by atoms with Crippen molar-refractivity contribution in [1.82, 2.24) is 10.2 Å². The third-order valence-corrected chi connectivity index (χ3v) is 3.33. The second kappa shape index (κ2) is 6.49. The van der Waals surface area contributed by atoms with Crippen LogP contribution in [-0.4, -0.2) is 54.6 Å². The van der Waals surface area contributed by atoms with Crippen molar-refractivity contribution in [2.24, 2.45) is 0 Å². The number of amides is 1. The van der Waals surface area contributed by atoms with Gasteiger partial charge in [0.05, 0.1) is 12.1 Å². The van der Waals surface area contributed by atoms with E-state index < -0.39 is 5.97 Å². The van der Waals surface area contributed by atoms with Gasteiger partial charge in [-0.3, -0.25) is 9.69 Å². The molecule has 0 radical (unpaired) electrons. The number of nitrogens with zero attached hydrogens (tertiary/aromatic N) is 1. The minimum Gasteiger partial charge on any atom is -0.478 e. The van der Waals surface area contributed by atoms with Gasteiger partial charge in [-0.25, -0.2) is 4.79 Å². The molecule has 0 aliphatic carbocycles. The Morgan fingerprint density at radius 1 is 1.35 bits per heavy atom. The van der Waals surface area contributed by atoms with Crippen molar-refractivity contribution in [3.8, 4) is 0 Å². The Morgan fingerprint density at radius 3 is 2.70 bits per heavy atom. The Morgan fingerprint density at radius 2 is 2.05 bits per heavy atom. The topological polar surface area (TPSA) is 81.7 Å². The van der Waals surface area contributed by atoms with Gasteiger partial charge < -0.3 is 15.7 Å². The summed E-state index contributed by atoms with van der Waals surface area (Å²) in [6.45, 7) is 5.54. The highest BCUT2D eigenvalue weighted by atomic mass is 16.4. The van der Waals surface area contributed by atoms with Crippen molar-refractivity contribution in [3.63, 3.8) is 0 Å². The molecule has 2 rings (SSSR count). The molecular formula is C14H19N3O3. The Labute approximate surface area is 117 Å². The molecule has 6 heteroatoms. The van der Waals surface area contributed by atoms with Crippen molar-refractivity contribution in [2.75, 3.05) is 38.0 Å². The lowest BCUT2D eigenvalue weighted by Crippen LogP contribution is -2.46. The largest absolute Gasteiger partial charge is 0.478 e. The lowest BCUT2D eigenvalue weighted by molar-refractivity contribution is -0.117. The lowest BCUT2D eigenvalue weighted by Gasteiger charge is -2.26. The molecule has 1 aliphatic rings. The van der Waals surface area contributed by atoms with E-state index in [0.29, 0.717) is 17.8 Å². The third-order valence-electron chi connectivity index (χ3n) is 3.33. The molecule has 1 amide bonds. The lowest BCUT2D eigenvalue weighted by atomic mass is 10.1. The Kier molecular flexibility index (Phi) is 4.70. The number of aromatic carboxylic acids is 1. The van der Waals surface area contributed by atoms with Crippen LogP contribution in [0.15, 0.2) is 18.2 Å². The van der Waals surface area contributed by atoms with E-state index >= 15 is 0 Å². The van der Waals surface area contributed by atoms with E-state index in [1.165, 1.54) is 6.07 Å². The molecule has 20 heavy (non-hydrogen) atoms. The number of rotatable bonds is 4. The summed E-state index contributed by atoms with van der Waals surface area (Å²) < 4.78 is 0. The third kappa shape index (κ3) is 3.79. The van der Waals surface area contributed by atoms with Crippen molar-refractivity contribution in [2.45, 2.75) is 6.92 Å². The zero-order valence-corrected chi connectivity index (χ0v) is 11.5. The summed E-state index contributed by atoms with van der Waals surface area (Å²) in [4.78, 5) is 25.0. The molecule has 0 saturated carbocycles. The number of carboxylic acids is 1. The van der Waals surface area contributed by atoms with Crippen molar-refractivity contribution in [3.05, 3.63) is 29.3 Å². The highest BCUT2D eigenvalue weighted by Gasteiger charge is 2.14. The monoisotopic (exact) mass is 277 g/mol. The van der Waals surface area contributed by atoms with Crippen molar-refractivity contribution < 1.29 is 14.7 Å². The van der Waals surface area contributed by atoms with Gasteiger partial charge in [-0.15, -0.1) is 0 Å². The maximum atomic E-state index is 11.9. The molecular weight excluding hydrogens is 258 g/mol. The van der Waals surface area contributed by atoms with Gasteiger partial charge in [0, 0.05) is 31.9 Å². The summed E-state index contributed by atoms with van der Waals surface area (Å²) in [7, 11) is 0. The molecule has 1 heterocycles. The standard InChI is InChI=1S/C14H19N3O3/c1-10-2-3-11(8-12(10)14(19)20)16-13(18)9-17-6-4-15-5-7-17/h2-3,8,15H,4-7,9H2,1H3,(H,16,18)(H,19,20). The number of hydrogen-bond acceptors (Lipinski definition) is 4. The maximum absolute atomic E-state index is 11.9. The average Bonchev–Trinajstić information content (AvgIpc) is 2.41. The van der Waals surface area contributed by atoms with E-state index in [-0.39, 0.29) is 11.5 Å². The normalized spacial score (nSPS) is 15.8. The number of carbonyl (C=O) groups is 2. The van der Waals surface area contributed by atoms with Crippen LogP contribution in [0.3, 0.4) is 0 Å². The van der Waals surface area contributed by atoms with Gasteiger partial charge in [-0.2, -0.15) is 0 Å². The molecule has 0 bridgehead atoms. The molecule has 0 unspecified atom stereocenters. The number of nitrogens with one attached hydrogen (secondary N) is 2. The van der Waals surface area contributed by atoms with Crippen molar-refractivity contribution >= 4 is 17.6 Å². The predicted molar refractivity (Wildman–Crippen MR) is 76.1 cm³/mol. The summed E-state index contributed by atoms with van der Waals surface area (Å²) in [6.07, 6.45) is 0. The minimum absolute atomic E-state index is 0.118. The van der Waals surface area contributed by atoms with E-state index in [4.69, 9.17) is 5.11 Å². The fourth-order valence-corrected chi connectivity index (χ4v) is 2.20. The van der Waals surface area contributed by atoms with Crippen molar-refractivity contribution in [1.29, 1.82) is 0 Å². The minimum atomic E-state index is -0.985. The molecule has 3 N–H and O–H groups in total. The van der Waals surface area contributed by atoms with E-state index in [1.54, 1.807) is 19.1 Å². The number of carbonyl (C=O) groups excluding carboxylic acids is 1. The van der Waals surface area contributed by atoms with Crippen LogP contribution in [0.2, 0.25) is 0 Å². The van der Waals surface area contributed by atoms with Gasteiger partial charge in [0.1, 0.15) is 0 Å². The summed E-state index contributed by atoms with van der Waals surface area (Å²) in [5.74, 6) is -1.10. The van der Waals surface area contributed by atoms with E-state index in [0.717, 1.165) is 26.2 Å². The van der Waals surface area contributed by atoms with Crippen LogP contribution in [0.1, 0.15) is 15.9 Å². The predicted octanol–water partition coefficient (Wildman–Crippen LogP) is 0.537. The summed E-state index contributed by atoms with van der Waals surface area (Å²) in [5, 5.41) is 15.0. The molecule has 1 aliphatic heterocycles. The molecule has 108 valence electrons. The first-order chi connectivity index (χ1) is 9.56. The molecule has 1 saturated heterocycles. The second-order valence-electron chi connectivity index (χ2n) is 4.91. The van der Waals surface area contributed by atoms with Gasteiger partial charge in [-0.1, -0.05) is 6.07 Å².